The molecule has 23 heavy (non-hydrogen) atoms. The molecule has 0 fully saturated rings. The topological polar surface area (TPSA) is 74.8 Å². The van der Waals surface area contributed by atoms with Crippen molar-refractivity contribution in [2.75, 3.05) is 13.6 Å². The number of carbonyl (C=O) groups is 1. The van der Waals surface area contributed by atoms with E-state index in [2.05, 4.69) is 20.6 Å². The number of benzene rings is 1. The normalized spacial score (nSPS) is 13.0. The van der Waals surface area contributed by atoms with Crippen LogP contribution in [0.5, 0.6) is 0 Å². The maximum absolute atomic E-state index is 13.1. The molecule has 2 rings (SSSR count). The number of H-pyrrole nitrogens is 1. The van der Waals surface area contributed by atoms with Crippen LogP contribution in [0, 0.1) is 5.82 Å². The van der Waals surface area contributed by atoms with Crippen LogP contribution in [0.25, 0.3) is 0 Å². The van der Waals surface area contributed by atoms with Gasteiger partial charge in [0.05, 0.1) is 11.1 Å². The van der Waals surface area contributed by atoms with Crippen molar-refractivity contribution in [3.63, 3.8) is 0 Å². The molecule has 2 aromatic rings. The van der Waals surface area contributed by atoms with Gasteiger partial charge in [0, 0.05) is 19.5 Å². The number of alkyl halides is 3. The fourth-order valence-corrected chi connectivity index (χ4v) is 2.10. The molecule has 1 aromatic carbocycles. The zero-order chi connectivity index (χ0) is 17.2. The van der Waals surface area contributed by atoms with Crippen LogP contribution in [0.2, 0.25) is 0 Å². The van der Waals surface area contributed by atoms with Crippen LogP contribution in [-0.4, -0.2) is 45.0 Å². The van der Waals surface area contributed by atoms with Gasteiger partial charge in [0.1, 0.15) is 5.82 Å². The van der Waals surface area contributed by atoms with E-state index in [9.17, 15) is 22.4 Å². The Morgan fingerprint density at radius 3 is 2.65 bits per heavy atom. The second-order valence-corrected chi connectivity index (χ2v) is 5.04. The van der Waals surface area contributed by atoms with Gasteiger partial charge in [-0.25, -0.2) is 4.39 Å². The molecule has 1 amide bonds. The lowest BCUT2D eigenvalue weighted by Crippen LogP contribution is -2.32. The molecule has 124 valence electrons. The first-order valence-corrected chi connectivity index (χ1v) is 6.55. The largest absolute Gasteiger partial charge is 0.417 e. The van der Waals surface area contributed by atoms with Gasteiger partial charge in [-0.3, -0.25) is 4.79 Å². The summed E-state index contributed by atoms with van der Waals surface area (Å²) in [5.74, 6) is -1.93. The molecule has 0 spiro atoms. The van der Waals surface area contributed by atoms with Gasteiger partial charge in [0.15, 0.2) is 5.82 Å². The van der Waals surface area contributed by atoms with E-state index in [4.69, 9.17) is 0 Å². The lowest BCUT2D eigenvalue weighted by atomic mass is 10.0. The molecule has 1 N–H and O–H groups in total. The molecule has 1 atom stereocenters. The third-order valence-corrected chi connectivity index (χ3v) is 3.21. The zero-order valence-corrected chi connectivity index (χ0v) is 12.2. The Kier molecular flexibility index (Phi) is 4.62. The summed E-state index contributed by atoms with van der Waals surface area (Å²) in [5.41, 5.74) is -1.91. The number of nitrogens with one attached hydrogen (secondary N) is 1. The SMILES string of the molecule is C[C@@H](CN(C)C(=O)c1ccc(F)cc1C(F)(F)F)c1nn[nH]n1. The van der Waals surface area contributed by atoms with E-state index in [1.165, 1.54) is 7.05 Å². The number of nitrogens with zero attached hydrogens (tertiary/aromatic N) is 4. The zero-order valence-electron chi connectivity index (χ0n) is 12.2. The third kappa shape index (κ3) is 3.82. The van der Waals surface area contributed by atoms with E-state index >= 15 is 0 Å². The number of aromatic nitrogens is 4. The molecular weight excluding hydrogens is 318 g/mol. The summed E-state index contributed by atoms with van der Waals surface area (Å²) in [7, 11) is 1.35. The molecule has 0 bridgehead atoms. The fourth-order valence-electron chi connectivity index (χ4n) is 2.10. The van der Waals surface area contributed by atoms with E-state index in [0.29, 0.717) is 11.9 Å². The highest BCUT2D eigenvalue weighted by atomic mass is 19.4. The fraction of sp³-hybridized carbons (Fsp3) is 0.385. The molecule has 0 saturated heterocycles. The van der Waals surface area contributed by atoms with E-state index in [-0.39, 0.29) is 12.5 Å². The van der Waals surface area contributed by atoms with Gasteiger partial charge in [0.2, 0.25) is 0 Å². The molecule has 0 aliphatic carbocycles. The average Bonchev–Trinajstić information content (AvgIpc) is 2.99. The van der Waals surface area contributed by atoms with E-state index in [1.807, 2.05) is 0 Å². The minimum Gasteiger partial charge on any atom is -0.341 e. The molecule has 0 aliphatic heterocycles. The number of halogens is 4. The van der Waals surface area contributed by atoms with Crippen LogP contribution in [0.3, 0.4) is 0 Å². The third-order valence-electron chi connectivity index (χ3n) is 3.21. The summed E-state index contributed by atoms with van der Waals surface area (Å²) in [6.45, 7) is 1.77. The Labute approximate surface area is 128 Å². The molecule has 0 radical (unpaired) electrons. The van der Waals surface area contributed by atoms with Gasteiger partial charge < -0.3 is 4.90 Å². The maximum Gasteiger partial charge on any atom is 0.417 e. The average molecular weight is 331 g/mol. The monoisotopic (exact) mass is 331 g/mol. The molecule has 0 unspecified atom stereocenters. The predicted molar refractivity (Wildman–Crippen MR) is 71.0 cm³/mol. The van der Waals surface area contributed by atoms with Crippen molar-refractivity contribution in [2.24, 2.45) is 0 Å². The smallest absolute Gasteiger partial charge is 0.341 e. The van der Waals surface area contributed by atoms with Gasteiger partial charge >= 0.3 is 6.18 Å². The Balaban J connectivity index is 2.23. The first-order valence-electron chi connectivity index (χ1n) is 6.55. The van der Waals surface area contributed by atoms with Crippen LogP contribution in [0.15, 0.2) is 18.2 Å². The van der Waals surface area contributed by atoms with Gasteiger partial charge in [-0.1, -0.05) is 12.1 Å². The number of aromatic amines is 1. The van der Waals surface area contributed by atoms with Crippen LogP contribution in [0.1, 0.15) is 34.6 Å². The first-order chi connectivity index (χ1) is 10.7. The van der Waals surface area contributed by atoms with Crippen molar-refractivity contribution >= 4 is 5.91 Å². The van der Waals surface area contributed by atoms with Crippen LogP contribution in [-0.2, 0) is 6.18 Å². The van der Waals surface area contributed by atoms with Crippen molar-refractivity contribution in [2.45, 2.75) is 19.0 Å². The summed E-state index contributed by atoms with van der Waals surface area (Å²) < 4.78 is 52.0. The maximum atomic E-state index is 13.1. The molecule has 1 aromatic heterocycles. The predicted octanol–water partition coefficient (Wildman–Crippen LogP) is 2.23. The molecule has 0 aliphatic rings. The standard InChI is InChI=1S/C13H13F4N5O/c1-7(11-18-20-21-19-11)6-22(2)12(23)9-4-3-8(14)5-10(9)13(15,16)17/h3-5,7H,6H2,1-2H3,(H,18,19,20,21)/t7-/m0/s1. The van der Waals surface area contributed by atoms with Gasteiger partial charge in [-0.2, -0.15) is 18.4 Å². The number of rotatable bonds is 4. The quantitative estimate of drug-likeness (QED) is 0.872. The summed E-state index contributed by atoms with van der Waals surface area (Å²) in [6.07, 6.45) is -4.83. The molecule has 0 saturated carbocycles. The van der Waals surface area contributed by atoms with Crippen molar-refractivity contribution in [1.29, 1.82) is 0 Å². The highest BCUT2D eigenvalue weighted by Crippen LogP contribution is 2.33. The lowest BCUT2D eigenvalue weighted by molar-refractivity contribution is -0.138. The first kappa shape index (κ1) is 16.8. The Morgan fingerprint density at radius 2 is 2.09 bits per heavy atom. The van der Waals surface area contributed by atoms with E-state index < -0.39 is 29.0 Å². The minimum absolute atomic E-state index is 0.0764. The molecule has 1 heterocycles. The number of tetrazole rings is 1. The van der Waals surface area contributed by atoms with Crippen molar-refractivity contribution in [1.82, 2.24) is 25.5 Å². The number of hydrogen-bond acceptors (Lipinski definition) is 4. The van der Waals surface area contributed by atoms with Gasteiger partial charge in [0.25, 0.3) is 5.91 Å². The molecule has 10 heteroatoms. The Hall–Kier alpha value is -2.52. The van der Waals surface area contributed by atoms with Crippen LogP contribution < -0.4 is 0 Å². The van der Waals surface area contributed by atoms with Gasteiger partial charge in [-0.15, -0.1) is 10.2 Å². The number of carbonyl (C=O) groups excluding carboxylic acids is 1. The second-order valence-electron chi connectivity index (χ2n) is 5.04. The van der Waals surface area contributed by atoms with E-state index in [0.717, 1.165) is 17.0 Å². The number of amides is 1. The van der Waals surface area contributed by atoms with Crippen molar-refractivity contribution < 1.29 is 22.4 Å². The summed E-state index contributed by atoms with van der Waals surface area (Å²) in [5, 5.41) is 13.1. The van der Waals surface area contributed by atoms with Gasteiger partial charge in [-0.05, 0) is 18.2 Å². The number of hydrogen-bond donors (Lipinski definition) is 1. The van der Waals surface area contributed by atoms with Crippen LogP contribution in [0.4, 0.5) is 17.6 Å². The Morgan fingerprint density at radius 1 is 1.39 bits per heavy atom. The lowest BCUT2D eigenvalue weighted by Gasteiger charge is -2.22. The van der Waals surface area contributed by atoms with E-state index in [1.54, 1.807) is 6.92 Å². The highest BCUT2D eigenvalue weighted by Gasteiger charge is 2.36. The number of likely N-dealkylation sites (N-methyl/N-ethyl adjacent to an activating group) is 1. The summed E-state index contributed by atoms with van der Waals surface area (Å²) >= 11 is 0. The van der Waals surface area contributed by atoms with Crippen molar-refractivity contribution in [3.8, 4) is 0 Å². The highest BCUT2D eigenvalue weighted by molar-refractivity contribution is 5.95. The summed E-state index contributed by atoms with van der Waals surface area (Å²) in [4.78, 5) is 13.4. The molecular formula is C13H13F4N5O. The van der Waals surface area contributed by atoms with Crippen molar-refractivity contribution in [3.05, 3.63) is 41.0 Å². The summed E-state index contributed by atoms with van der Waals surface area (Å²) in [6, 6.07) is 1.96. The van der Waals surface area contributed by atoms with Crippen LogP contribution >= 0.6 is 0 Å². The second kappa shape index (κ2) is 6.31. The molecule has 6 nitrogen and oxygen atoms in total. The minimum atomic E-state index is -4.83. The Bertz CT molecular complexity index is 686.